The first-order chi connectivity index (χ1) is 17.1. The molecule has 0 radical (unpaired) electrons. The summed E-state index contributed by atoms with van der Waals surface area (Å²) in [5, 5.41) is 21.4. The minimum atomic E-state index is -4.23. The summed E-state index contributed by atoms with van der Waals surface area (Å²) in [4.78, 5) is 10.1. The van der Waals surface area contributed by atoms with Gasteiger partial charge in [0.05, 0.1) is 43.9 Å². The van der Waals surface area contributed by atoms with Gasteiger partial charge in [-0.05, 0) is 29.8 Å². The lowest BCUT2D eigenvalue weighted by molar-refractivity contribution is -0.385. The Morgan fingerprint density at radius 2 is 1.53 bits per heavy atom. The molecule has 3 aromatic rings. The molecule has 0 fully saturated rings. The van der Waals surface area contributed by atoms with Crippen molar-refractivity contribution in [3.8, 4) is 28.7 Å². The van der Waals surface area contributed by atoms with Gasteiger partial charge in [-0.3, -0.25) is 14.8 Å². The van der Waals surface area contributed by atoms with E-state index in [1.807, 2.05) is 0 Å². The molecule has 0 saturated heterocycles. The van der Waals surface area contributed by atoms with E-state index >= 15 is 0 Å². The molecular formula is C24H24N2O9S. The summed E-state index contributed by atoms with van der Waals surface area (Å²) in [6.07, 6.45) is 3.21. The molecular weight excluding hydrogens is 492 g/mol. The van der Waals surface area contributed by atoms with Crippen LogP contribution in [0.15, 0.2) is 53.4 Å². The van der Waals surface area contributed by atoms with Crippen LogP contribution in [0.5, 0.6) is 28.7 Å². The summed E-state index contributed by atoms with van der Waals surface area (Å²) in [6.45, 7) is 0. The molecule has 3 aromatic carbocycles. The minimum absolute atomic E-state index is 0.0247. The van der Waals surface area contributed by atoms with Crippen molar-refractivity contribution in [1.29, 1.82) is 0 Å². The number of nitrogens with zero attached hydrogens (tertiary/aromatic N) is 1. The first-order valence-corrected chi connectivity index (χ1v) is 11.8. The predicted octanol–water partition coefficient (Wildman–Crippen LogP) is 4.31. The van der Waals surface area contributed by atoms with Crippen molar-refractivity contribution in [2.75, 3.05) is 33.2 Å². The third-order valence-electron chi connectivity index (χ3n) is 5.08. The van der Waals surface area contributed by atoms with Crippen molar-refractivity contribution < 1.29 is 37.4 Å². The number of methoxy groups -OCH3 is 4. The van der Waals surface area contributed by atoms with E-state index in [1.54, 1.807) is 24.3 Å². The first kappa shape index (κ1) is 26.2. The van der Waals surface area contributed by atoms with E-state index in [4.69, 9.17) is 18.9 Å². The SMILES string of the molecule is COc1cc(NS(=O)(=O)c2cccc([N+](=O)[O-])c2)c(/C=C\c2cc(OC)c(OC)c(OC)c2)cc1O. The summed E-state index contributed by atoms with van der Waals surface area (Å²) in [6, 6.07) is 10.6. The Morgan fingerprint density at radius 1 is 0.889 bits per heavy atom. The Bertz CT molecular complexity index is 1390. The highest BCUT2D eigenvalue weighted by atomic mass is 32.2. The number of nitrogens with one attached hydrogen (secondary N) is 1. The fourth-order valence-electron chi connectivity index (χ4n) is 3.33. The molecule has 0 aromatic heterocycles. The van der Waals surface area contributed by atoms with Gasteiger partial charge < -0.3 is 24.1 Å². The van der Waals surface area contributed by atoms with Crippen LogP contribution in [0.1, 0.15) is 11.1 Å². The van der Waals surface area contributed by atoms with Gasteiger partial charge in [0.15, 0.2) is 23.0 Å². The standard InChI is InChI=1S/C24H24N2O9S/c1-32-21-14-19(25-36(30,31)18-7-5-6-17(13-18)26(28)29)16(12-20(21)27)9-8-15-10-22(33-2)24(35-4)23(11-15)34-3/h5-14,25,27H,1-4H3/b9-8-. The molecule has 0 aliphatic rings. The first-order valence-electron chi connectivity index (χ1n) is 10.3. The molecule has 0 aliphatic carbocycles. The van der Waals surface area contributed by atoms with E-state index in [2.05, 4.69) is 4.72 Å². The molecule has 190 valence electrons. The number of nitro groups is 1. The number of anilines is 1. The van der Waals surface area contributed by atoms with Crippen molar-refractivity contribution in [1.82, 2.24) is 0 Å². The van der Waals surface area contributed by atoms with Crippen LogP contribution in [0, 0.1) is 10.1 Å². The lowest BCUT2D eigenvalue weighted by Crippen LogP contribution is -2.14. The summed E-state index contributed by atoms with van der Waals surface area (Å²) in [5.41, 5.74) is 0.617. The molecule has 11 nitrogen and oxygen atoms in total. The summed E-state index contributed by atoms with van der Waals surface area (Å²) in [7, 11) is 1.53. The Balaban J connectivity index is 2.06. The van der Waals surface area contributed by atoms with E-state index in [0.717, 1.165) is 6.07 Å². The van der Waals surface area contributed by atoms with E-state index in [9.17, 15) is 23.6 Å². The largest absolute Gasteiger partial charge is 0.504 e. The van der Waals surface area contributed by atoms with Crippen LogP contribution in [0.2, 0.25) is 0 Å². The Labute approximate surface area is 207 Å². The van der Waals surface area contributed by atoms with E-state index in [-0.39, 0.29) is 33.3 Å². The lowest BCUT2D eigenvalue weighted by atomic mass is 10.1. The number of non-ortho nitro benzene ring substituents is 1. The van der Waals surface area contributed by atoms with Gasteiger partial charge >= 0.3 is 0 Å². The number of nitro benzene ring substituents is 1. The topological polar surface area (TPSA) is 146 Å². The van der Waals surface area contributed by atoms with Gasteiger partial charge in [0.25, 0.3) is 15.7 Å². The van der Waals surface area contributed by atoms with E-state index in [1.165, 1.54) is 58.8 Å². The second kappa shape index (κ2) is 10.9. The zero-order valence-corrected chi connectivity index (χ0v) is 20.7. The van der Waals surface area contributed by atoms with Gasteiger partial charge in [-0.1, -0.05) is 18.2 Å². The highest BCUT2D eigenvalue weighted by Crippen LogP contribution is 2.39. The van der Waals surface area contributed by atoms with Gasteiger partial charge in [0.2, 0.25) is 5.75 Å². The molecule has 0 bridgehead atoms. The minimum Gasteiger partial charge on any atom is -0.504 e. The molecule has 36 heavy (non-hydrogen) atoms. The molecule has 2 N–H and O–H groups in total. The van der Waals surface area contributed by atoms with Crippen LogP contribution < -0.4 is 23.7 Å². The van der Waals surface area contributed by atoms with Crippen LogP contribution in [0.25, 0.3) is 12.2 Å². The van der Waals surface area contributed by atoms with E-state index in [0.29, 0.717) is 22.8 Å². The van der Waals surface area contributed by atoms with Gasteiger partial charge in [0.1, 0.15) is 0 Å². The number of hydrogen-bond acceptors (Lipinski definition) is 9. The maximum absolute atomic E-state index is 13.0. The van der Waals surface area contributed by atoms with Crippen LogP contribution >= 0.6 is 0 Å². The molecule has 0 spiro atoms. The number of phenolic OH excluding ortho intramolecular Hbond substituents is 1. The molecule has 0 amide bonds. The zero-order chi connectivity index (χ0) is 26.5. The second-order valence-corrected chi connectivity index (χ2v) is 8.95. The molecule has 0 saturated carbocycles. The summed E-state index contributed by atoms with van der Waals surface area (Å²) in [5.74, 6) is 1.04. The third kappa shape index (κ3) is 5.61. The number of sulfonamides is 1. The fraction of sp³-hybridized carbons (Fsp3) is 0.167. The van der Waals surface area contributed by atoms with Crippen molar-refractivity contribution in [2.45, 2.75) is 4.90 Å². The zero-order valence-electron chi connectivity index (χ0n) is 19.8. The summed E-state index contributed by atoms with van der Waals surface area (Å²) >= 11 is 0. The number of rotatable bonds is 10. The smallest absolute Gasteiger partial charge is 0.270 e. The average molecular weight is 517 g/mol. The number of phenols is 1. The molecule has 0 heterocycles. The number of hydrogen-bond donors (Lipinski definition) is 2. The van der Waals surface area contributed by atoms with Crippen LogP contribution in [0.3, 0.4) is 0 Å². The van der Waals surface area contributed by atoms with Crippen LogP contribution in [0.4, 0.5) is 11.4 Å². The maximum Gasteiger partial charge on any atom is 0.270 e. The Hall–Kier alpha value is -4.45. The van der Waals surface area contributed by atoms with Crippen LogP contribution in [-0.2, 0) is 10.0 Å². The monoisotopic (exact) mass is 516 g/mol. The highest BCUT2D eigenvalue weighted by Gasteiger charge is 2.20. The van der Waals surface area contributed by atoms with Crippen molar-refractivity contribution in [3.63, 3.8) is 0 Å². The quantitative estimate of drug-likeness (QED) is 0.174. The van der Waals surface area contributed by atoms with E-state index < -0.39 is 14.9 Å². The van der Waals surface area contributed by atoms with Crippen molar-refractivity contribution >= 4 is 33.6 Å². The number of ether oxygens (including phenoxy) is 4. The summed E-state index contributed by atoms with van der Waals surface area (Å²) < 4.78 is 49.6. The molecule has 12 heteroatoms. The van der Waals surface area contributed by atoms with Gasteiger partial charge in [-0.15, -0.1) is 0 Å². The second-order valence-electron chi connectivity index (χ2n) is 7.26. The van der Waals surface area contributed by atoms with Crippen molar-refractivity contribution in [2.24, 2.45) is 0 Å². The molecule has 3 rings (SSSR count). The van der Waals surface area contributed by atoms with Gasteiger partial charge in [-0.2, -0.15) is 0 Å². The Kier molecular flexibility index (Phi) is 7.90. The lowest BCUT2D eigenvalue weighted by Gasteiger charge is -2.14. The molecule has 0 aliphatic heterocycles. The third-order valence-corrected chi connectivity index (χ3v) is 6.44. The highest BCUT2D eigenvalue weighted by molar-refractivity contribution is 7.92. The Morgan fingerprint density at radius 3 is 2.08 bits per heavy atom. The maximum atomic E-state index is 13.0. The fourth-order valence-corrected chi connectivity index (χ4v) is 4.44. The van der Waals surface area contributed by atoms with Gasteiger partial charge in [-0.25, -0.2) is 8.42 Å². The molecule has 0 unspecified atom stereocenters. The number of benzene rings is 3. The van der Waals surface area contributed by atoms with Crippen molar-refractivity contribution in [3.05, 3.63) is 69.8 Å². The van der Waals surface area contributed by atoms with Gasteiger partial charge in [0, 0.05) is 23.8 Å². The predicted molar refractivity (Wildman–Crippen MR) is 134 cm³/mol. The normalized spacial score (nSPS) is 11.2. The average Bonchev–Trinajstić information content (AvgIpc) is 2.87. The molecule has 0 atom stereocenters. The number of aromatic hydroxyl groups is 1. The van der Waals surface area contributed by atoms with Crippen LogP contribution in [-0.4, -0.2) is 46.9 Å².